The normalized spacial score (nSPS) is 18.5. The first-order valence-electron chi connectivity index (χ1n) is 15.4. The number of amidine groups is 3. The van der Waals surface area contributed by atoms with Gasteiger partial charge in [-0.1, -0.05) is 11.6 Å². The molecule has 51 heavy (non-hydrogen) atoms. The number of hydrogen-bond donors (Lipinski definition) is 2. The zero-order valence-corrected chi connectivity index (χ0v) is 28.1. The Bertz CT molecular complexity index is 2750. The van der Waals surface area contributed by atoms with Gasteiger partial charge in [0.25, 0.3) is 0 Å². The highest BCUT2D eigenvalue weighted by Crippen LogP contribution is 2.38. The van der Waals surface area contributed by atoms with Crippen LogP contribution < -0.4 is 35.7 Å². The van der Waals surface area contributed by atoms with Crippen molar-refractivity contribution in [3.05, 3.63) is 88.4 Å². The second-order valence-electron chi connectivity index (χ2n) is 11.4. The molecule has 0 saturated carbocycles. The molecule has 0 aromatic carbocycles. The van der Waals surface area contributed by atoms with Crippen molar-refractivity contribution < 1.29 is 18.9 Å². The van der Waals surface area contributed by atoms with Crippen molar-refractivity contribution in [2.24, 2.45) is 30.7 Å². The molecule has 8 bridgehead atoms. The quantitative estimate of drug-likeness (QED) is 0.258. The lowest BCUT2D eigenvalue weighted by Gasteiger charge is -2.17. The van der Waals surface area contributed by atoms with E-state index >= 15 is 0 Å². The second-order valence-corrected chi connectivity index (χ2v) is 11.9. The second kappa shape index (κ2) is 11.4. The monoisotopic (exact) mass is 700 g/mol. The van der Waals surface area contributed by atoms with Crippen LogP contribution in [0.2, 0.25) is 0 Å². The van der Waals surface area contributed by atoms with E-state index in [0.29, 0.717) is 107 Å². The van der Waals surface area contributed by atoms with Gasteiger partial charge < -0.3 is 29.7 Å². The molecule has 0 radical (unpaired) electrons. The number of halogens is 1. The van der Waals surface area contributed by atoms with E-state index in [9.17, 15) is 0 Å². The summed E-state index contributed by atoms with van der Waals surface area (Å²) in [5, 5.41) is 2.68. The summed E-state index contributed by atoms with van der Waals surface area (Å²) in [5.41, 5.74) is 9.88. The van der Waals surface area contributed by atoms with Crippen LogP contribution in [0, 0.1) is 0 Å². The van der Waals surface area contributed by atoms with Gasteiger partial charge in [0.05, 0.1) is 34.1 Å². The van der Waals surface area contributed by atoms with E-state index < -0.39 is 5.50 Å². The van der Waals surface area contributed by atoms with Crippen molar-refractivity contribution >= 4 is 68.0 Å². The number of alkyl halides is 1. The van der Waals surface area contributed by atoms with Crippen LogP contribution >= 0.6 is 11.6 Å². The Balaban J connectivity index is 1.43. The van der Waals surface area contributed by atoms with Gasteiger partial charge in [-0.15, -0.1) is 0 Å². The molecular formula is C34H25ClN12O4. The lowest BCUT2D eigenvalue weighted by molar-refractivity contribution is 0.397. The number of pyridine rings is 4. The Hall–Kier alpha value is -6.68. The Labute approximate surface area is 292 Å². The molecule has 17 heteroatoms. The molecule has 0 saturated heterocycles. The highest BCUT2D eigenvalue weighted by Gasteiger charge is 2.28. The predicted molar refractivity (Wildman–Crippen MR) is 189 cm³/mol. The smallest absolute Gasteiger partial charge is 0.213 e. The summed E-state index contributed by atoms with van der Waals surface area (Å²) in [6, 6.07) is 7.03. The average Bonchev–Trinajstić information content (AvgIpc) is 3.79. The van der Waals surface area contributed by atoms with Gasteiger partial charge in [0.15, 0.2) is 11.7 Å². The molecule has 0 aliphatic carbocycles. The number of nitrogens with two attached hydrogens (primary N) is 1. The first-order chi connectivity index (χ1) is 24.9. The minimum absolute atomic E-state index is 0.139. The molecule has 10 rings (SSSR count). The third-order valence-electron chi connectivity index (χ3n) is 8.71. The van der Waals surface area contributed by atoms with Crippen LogP contribution in [0.25, 0.3) is 27.2 Å². The standard InChI is InChI=1S/C34H25ClN12O4/c1-48-24-5-14-18(10-37-24)28(36)42-29-15-6-25(49-2)38-11-19(15)31(43-29)44-30-16-7-26(50-3)39-12-20(16)32(45-30)46-33-17-8-27(51-4)40-13-21(17)34-41-22(14)9-23(35)47(33)34/h5-13,23,43H,1-4H3,(H2,36,42)/b44-30-,46-33-/t23-/m1/s1. The summed E-state index contributed by atoms with van der Waals surface area (Å²) >= 11 is 7.22. The molecule has 0 fully saturated rings. The minimum atomic E-state index is -0.761. The van der Waals surface area contributed by atoms with Crippen molar-refractivity contribution in [1.82, 2.24) is 29.5 Å². The lowest BCUT2D eigenvalue weighted by atomic mass is 10.1. The predicted octanol–water partition coefficient (Wildman–Crippen LogP) is 3.66. The molecule has 1 atom stereocenters. The molecule has 16 nitrogen and oxygen atoms in total. The number of methoxy groups -OCH3 is 4. The number of ether oxygens (including phenoxy) is 4. The number of H-pyrrole nitrogens is 1. The number of aliphatic imine (C=N–C) groups is 3. The van der Waals surface area contributed by atoms with Crippen molar-refractivity contribution in [3.63, 3.8) is 0 Å². The average molecular weight is 701 g/mol. The molecule has 6 aromatic heterocycles. The Morgan fingerprint density at radius 1 is 0.588 bits per heavy atom. The summed E-state index contributed by atoms with van der Waals surface area (Å²) < 4.78 is 23.7. The van der Waals surface area contributed by atoms with Crippen LogP contribution in [-0.2, 0) is 0 Å². The molecule has 0 spiro atoms. The maximum absolute atomic E-state index is 7.22. The summed E-state index contributed by atoms with van der Waals surface area (Å²) in [7, 11) is 6.15. The first kappa shape index (κ1) is 30.4. The number of allylic oxidation sites excluding steroid dienone is 1. The van der Waals surface area contributed by atoms with Gasteiger partial charge in [0, 0.05) is 92.9 Å². The molecule has 4 aliphatic rings. The number of fused-ring (bicyclic) bond motifs is 4. The van der Waals surface area contributed by atoms with Crippen molar-refractivity contribution in [1.29, 1.82) is 0 Å². The molecule has 3 N–H and O–H groups in total. The van der Waals surface area contributed by atoms with Gasteiger partial charge in [0.2, 0.25) is 23.5 Å². The van der Waals surface area contributed by atoms with Crippen LogP contribution in [0.15, 0.2) is 80.1 Å². The first-order valence-corrected chi connectivity index (χ1v) is 15.8. The van der Waals surface area contributed by atoms with Crippen LogP contribution in [0.5, 0.6) is 23.5 Å². The molecule has 6 aromatic rings. The number of rotatable bonds is 4. The number of nitrogens with one attached hydrogen (secondary N) is 1. The summed E-state index contributed by atoms with van der Waals surface area (Å²) in [5.74, 6) is 3.16. The zero-order chi connectivity index (χ0) is 35.0. The van der Waals surface area contributed by atoms with E-state index in [0.717, 1.165) is 0 Å². The fraction of sp³-hybridized carbons (Fsp3) is 0.147. The van der Waals surface area contributed by atoms with Gasteiger partial charge in [-0.3, -0.25) is 4.57 Å². The summed E-state index contributed by atoms with van der Waals surface area (Å²) in [6.45, 7) is 0. The largest absolute Gasteiger partial charge is 0.481 e. The highest BCUT2D eigenvalue weighted by atomic mass is 35.5. The van der Waals surface area contributed by atoms with Crippen LogP contribution in [0.3, 0.4) is 0 Å². The van der Waals surface area contributed by atoms with Crippen LogP contribution in [0.4, 0.5) is 11.6 Å². The van der Waals surface area contributed by atoms with E-state index in [4.69, 9.17) is 61.2 Å². The fourth-order valence-electron chi connectivity index (χ4n) is 6.25. The maximum Gasteiger partial charge on any atom is 0.213 e. The van der Waals surface area contributed by atoms with E-state index in [-0.39, 0.29) is 5.84 Å². The molecule has 252 valence electrons. The maximum atomic E-state index is 7.22. The lowest BCUT2D eigenvalue weighted by Crippen LogP contribution is -2.32. The van der Waals surface area contributed by atoms with Gasteiger partial charge in [-0.05, 0) is 6.08 Å². The molecule has 0 amide bonds. The number of nitrogens with zero attached hydrogens (tertiary/aromatic N) is 10. The third kappa shape index (κ3) is 4.71. The van der Waals surface area contributed by atoms with Gasteiger partial charge in [0.1, 0.15) is 33.9 Å². The summed E-state index contributed by atoms with van der Waals surface area (Å²) in [6.07, 6.45) is 8.36. The fourth-order valence-corrected chi connectivity index (χ4v) is 6.55. The van der Waals surface area contributed by atoms with E-state index in [1.54, 1.807) is 69.3 Å². The summed E-state index contributed by atoms with van der Waals surface area (Å²) in [4.78, 5) is 46.1. The van der Waals surface area contributed by atoms with E-state index in [2.05, 4.69) is 24.9 Å². The molecular weight excluding hydrogens is 676 g/mol. The zero-order valence-electron chi connectivity index (χ0n) is 27.3. The van der Waals surface area contributed by atoms with Crippen LogP contribution in [0.1, 0.15) is 27.8 Å². The number of aromatic nitrogens is 6. The SMILES string of the molecule is COc1cc2c(cn1)/C(N)=N/c1[nH]c(c3cnc(OC)cc13)/N=C1N=C(/N=c3/c4cc(OC)ncc4c4n3[C@@H](Cl)C=C2N=4)c2cnc(OC)cc2\1. The topological polar surface area (TPSA) is 197 Å². The minimum Gasteiger partial charge on any atom is -0.481 e. The Morgan fingerprint density at radius 2 is 1.16 bits per heavy atom. The number of hydrogen-bond acceptors (Lipinski definition) is 14. The van der Waals surface area contributed by atoms with Crippen molar-refractivity contribution in [2.45, 2.75) is 5.50 Å². The van der Waals surface area contributed by atoms with Crippen molar-refractivity contribution in [3.8, 4) is 23.5 Å². The van der Waals surface area contributed by atoms with Crippen molar-refractivity contribution in [2.75, 3.05) is 28.4 Å². The van der Waals surface area contributed by atoms with Gasteiger partial charge in [-0.25, -0.2) is 44.9 Å². The van der Waals surface area contributed by atoms with Crippen LogP contribution in [-0.4, -0.2) is 75.4 Å². The third-order valence-corrected chi connectivity index (χ3v) is 9.03. The van der Waals surface area contributed by atoms with Gasteiger partial charge >= 0.3 is 0 Å². The number of aromatic amines is 1. The van der Waals surface area contributed by atoms with Gasteiger partial charge in [-0.2, -0.15) is 0 Å². The molecule has 0 unspecified atom stereocenters. The highest BCUT2D eigenvalue weighted by molar-refractivity contribution is 6.24. The van der Waals surface area contributed by atoms with E-state index in [1.807, 2.05) is 4.57 Å². The molecule has 4 aliphatic heterocycles. The Kier molecular flexibility index (Phi) is 6.82. The molecule has 10 heterocycles. The van der Waals surface area contributed by atoms with E-state index in [1.165, 1.54) is 14.2 Å². The Morgan fingerprint density at radius 3 is 1.88 bits per heavy atom.